The molecule has 0 amide bonds. The molecular weight excluding hydrogens is 390 g/mol. The van der Waals surface area contributed by atoms with Gasteiger partial charge in [0.25, 0.3) is 5.56 Å². The molecule has 0 spiro atoms. The molecule has 1 aliphatic rings. The highest BCUT2D eigenvalue weighted by Crippen LogP contribution is 2.38. The Balaban J connectivity index is 1.95. The van der Waals surface area contributed by atoms with Crippen molar-refractivity contribution in [2.24, 2.45) is 7.05 Å². The van der Waals surface area contributed by atoms with Gasteiger partial charge in [-0.25, -0.2) is 4.79 Å². The second-order valence-corrected chi connectivity index (χ2v) is 7.15. The lowest BCUT2D eigenvalue weighted by Gasteiger charge is -2.30. The van der Waals surface area contributed by atoms with Gasteiger partial charge in [-0.05, 0) is 25.0 Å². The van der Waals surface area contributed by atoms with Crippen molar-refractivity contribution in [3.8, 4) is 11.5 Å². The molecule has 0 radical (unpaired) electrons. The number of aliphatic hydroxyl groups is 1. The van der Waals surface area contributed by atoms with Gasteiger partial charge in [-0.3, -0.25) is 13.9 Å². The van der Waals surface area contributed by atoms with E-state index in [4.69, 9.17) is 14.6 Å². The quantitative estimate of drug-likeness (QED) is 0.636. The molecule has 0 saturated carbocycles. The minimum atomic E-state index is -0.443. The fourth-order valence-corrected chi connectivity index (χ4v) is 3.93. The number of hydrogen-bond donors (Lipinski definition) is 1. The zero-order valence-electron chi connectivity index (χ0n) is 17.3. The van der Waals surface area contributed by atoms with Crippen LogP contribution in [0.25, 0.3) is 11.2 Å². The summed E-state index contributed by atoms with van der Waals surface area (Å²) in [5, 5.41) is 9.13. The number of anilines is 2. The molecule has 0 aliphatic carbocycles. The van der Waals surface area contributed by atoms with Gasteiger partial charge in [0.15, 0.2) is 11.2 Å². The Bertz CT molecular complexity index is 1210. The highest BCUT2D eigenvalue weighted by atomic mass is 16.5. The van der Waals surface area contributed by atoms with Crippen LogP contribution in [0.3, 0.4) is 0 Å². The largest absolute Gasteiger partial charge is 0.497 e. The first kappa shape index (κ1) is 20.0. The second kappa shape index (κ2) is 7.86. The van der Waals surface area contributed by atoms with Gasteiger partial charge in [-0.2, -0.15) is 4.98 Å². The van der Waals surface area contributed by atoms with E-state index in [2.05, 4.69) is 4.98 Å². The topological polar surface area (TPSA) is 104 Å². The summed E-state index contributed by atoms with van der Waals surface area (Å²) in [6.45, 7) is 1.36. The fourth-order valence-electron chi connectivity index (χ4n) is 3.93. The van der Waals surface area contributed by atoms with Crippen molar-refractivity contribution in [1.29, 1.82) is 0 Å². The lowest BCUT2D eigenvalue weighted by Crippen LogP contribution is -2.40. The van der Waals surface area contributed by atoms with Crippen molar-refractivity contribution in [2.45, 2.75) is 25.9 Å². The normalized spacial score (nSPS) is 13.5. The van der Waals surface area contributed by atoms with Crippen LogP contribution in [0.15, 0.2) is 27.8 Å². The summed E-state index contributed by atoms with van der Waals surface area (Å²) in [4.78, 5) is 32.5. The molecule has 10 heteroatoms. The number of aromatic nitrogens is 4. The predicted molar refractivity (Wildman–Crippen MR) is 112 cm³/mol. The number of aliphatic hydroxyl groups excluding tert-OH is 1. The minimum absolute atomic E-state index is 0.0957. The SMILES string of the molecule is COc1ccc(OC)c(N2CCCn3c2nc2c3c(=O)n(CCCO)c(=O)n2C)c1. The summed E-state index contributed by atoms with van der Waals surface area (Å²) >= 11 is 0. The predicted octanol–water partition coefficient (Wildman–Crippen LogP) is 0.838. The van der Waals surface area contributed by atoms with E-state index in [9.17, 15) is 9.59 Å². The monoisotopic (exact) mass is 415 g/mol. The van der Waals surface area contributed by atoms with Gasteiger partial charge in [-0.15, -0.1) is 0 Å². The zero-order valence-corrected chi connectivity index (χ0v) is 17.3. The maximum absolute atomic E-state index is 13.2. The molecule has 0 atom stereocenters. The summed E-state index contributed by atoms with van der Waals surface area (Å²) < 4.78 is 15.3. The average molecular weight is 415 g/mol. The lowest BCUT2D eigenvalue weighted by atomic mass is 10.2. The molecule has 0 bridgehead atoms. The molecule has 0 unspecified atom stereocenters. The first-order chi connectivity index (χ1) is 14.5. The summed E-state index contributed by atoms with van der Waals surface area (Å²) in [6.07, 6.45) is 1.12. The van der Waals surface area contributed by atoms with E-state index < -0.39 is 5.69 Å². The van der Waals surface area contributed by atoms with Crippen molar-refractivity contribution in [3.63, 3.8) is 0 Å². The van der Waals surface area contributed by atoms with Crippen LogP contribution >= 0.6 is 0 Å². The van der Waals surface area contributed by atoms with Crippen LogP contribution in [-0.4, -0.2) is 51.2 Å². The molecular formula is C20H25N5O5. The standard InChI is InChI=1S/C20H25N5O5/c1-22-17-16(18(27)25(20(22)28)10-5-11-26)24-9-4-8-23(19(24)21-17)14-12-13(29-2)6-7-15(14)30-3/h6-7,12,26H,4-5,8-11H2,1-3H3. The van der Waals surface area contributed by atoms with Crippen molar-refractivity contribution >= 4 is 22.8 Å². The summed E-state index contributed by atoms with van der Waals surface area (Å²) in [5.74, 6) is 1.91. The smallest absolute Gasteiger partial charge is 0.332 e. The van der Waals surface area contributed by atoms with Crippen LogP contribution in [-0.2, 0) is 20.1 Å². The molecule has 160 valence electrons. The number of nitrogens with zero attached hydrogens (tertiary/aromatic N) is 5. The molecule has 0 fully saturated rings. The van der Waals surface area contributed by atoms with Gasteiger partial charge in [0.2, 0.25) is 5.95 Å². The van der Waals surface area contributed by atoms with Crippen molar-refractivity contribution < 1.29 is 14.6 Å². The molecule has 1 aromatic carbocycles. The number of ether oxygens (including phenoxy) is 2. The van der Waals surface area contributed by atoms with Gasteiger partial charge in [0, 0.05) is 39.4 Å². The van der Waals surface area contributed by atoms with E-state index in [0.717, 1.165) is 12.1 Å². The van der Waals surface area contributed by atoms with E-state index in [1.54, 1.807) is 21.3 Å². The maximum Gasteiger partial charge on any atom is 0.332 e. The molecule has 1 aliphatic heterocycles. The molecule has 30 heavy (non-hydrogen) atoms. The van der Waals surface area contributed by atoms with Gasteiger partial charge >= 0.3 is 5.69 Å². The summed E-state index contributed by atoms with van der Waals surface area (Å²) in [6, 6.07) is 5.51. The van der Waals surface area contributed by atoms with Crippen molar-refractivity contribution in [3.05, 3.63) is 39.0 Å². The molecule has 3 heterocycles. The Kier molecular flexibility index (Phi) is 5.25. The number of hydrogen-bond acceptors (Lipinski definition) is 7. The Morgan fingerprint density at radius 2 is 1.97 bits per heavy atom. The van der Waals surface area contributed by atoms with Crippen LogP contribution in [0.2, 0.25) is 0 Å². The van der Waals surface area contributed by atoms with E-state index in [1.807, 2.05) is 27.7 Å². The number of imidazole rings is 1. The Morgan fingerprint density at radius 3 is 2.67 bits per heavy atom. The summed E-state index contributed by atoms with van der Waals surface area (Å²) in [7, 11) is 4.80. The van der Waals surface area contributed by atoms with Crippen LogP contribution in [0, 0.1) is 0 Å². The zero-order chi connectivity index (χ0) is 21.4. The van der Waals surface area contributed by atoms with Gasteiger partial charge in [0.1, 0.15) is 11.5 Å². The minimum Gasteiger partial charge on any atom is -0.497 e. The number of rotatable bonds is 6. The van der Waals surface area contributed by atoms with Gasteiger partial charge in [0.05, 0.1) is 19.9 Å². The number of fused-ring (bicyclic) bond motifs is 3. The third kappa shape index (κ3) is 3.04. The second-order valence-electron chi connectivity index (χ2n) is 7.15. The van der Waals surface area contributed by atoms with Gasteiger partial charge in [-0.1, -0.05) is 0 Å². The molecule has 2 aromatic heterocycles. The van der Waals surface area contributed by atoms with E-state index in [1.165, 1.54) is 9.13 Å². The molecule has 4 rings (SSSR count). The van der Waals surface area contributed by atoms with Crippen LogP contribution < -0.4 is 25.6 Å². The number of benzene rings is 1. The lowest BCUT2D eigenvalue weighted by molar-refractivity contribution is 0.277. The average Bonchev–Trinajstić information content (AvgIpc) is 3.17. The molecule has 10 nitrogen and oxygen atoms in total. The molecule has 1 N–H and O–H groups in total. The van der Waals surface area contributed by atoms with Crippen molar-refractivity contribution in [2.75, 3.05) is 32.3 Å². The first-order valence-corrected chi connectivity index (χ1v) is 9.82. The van der Waals surface area contributed by atoms with Crippen LogP contribution in [0.1, 0.15) is 12.8 Å². The Hall–Kier alpha value is -3.27. The Morgan fingerprint density at radius 1 is 1.17 bits per heavy atom. The van der Waals surface area contributed by atoms with E-state index in [-0.39, 0.29) is 18.7 Å². The highest BCUT2D eigenvalue weighted by molar-refractivity contribution is 5.78. The summed E-state index contributed by atoms with van der Waals surface area (Å²) in [5.41, 5.74) is 0.672. The highest BCUT2D eigenvalue weighted by Gasteiger charge is 2.28. The molecule has 0 saturated heterocycles. The third-order valence-corrected chi connectivity index (χ3v) is 5.43. The van der Waals surface area contributed by atoms with E-state index in [0.29, 0.717) is 48.1 Å². The van der Waals surface area contributed by atoms with Crippen LogP contribution in [0.5, 0.6) is 11.5 Å². The number of methoxy groups -OCH3 is 2. The van der Waals surface area contributed by atoms with Gasteiger partial charge < -0.3 is 24.0 Å². The van der Waals surface area contributed by atoms with Crippen molar-refractivity contribution in [1.82, 2.24) is 18.7 Å². The number of aryl methyl sites for hydroxylation is 2. The third-order valence-electron chi connectivity index (χ3n) is 5.43. The maximum atomic E-state index is 13.2. The van der Waals surface area contributed by atoms with Crippen LogP contribution in [0.4, 0.5) is 11.6 Å². The Labute approximate surface area is 172 Å². The van der Waals surface area contributed by atoms with E-state index >= 15 is 0 Å². The molecule has 3 aromatic rings. The fraction of sp³-hybridized carbons (Fsp3) is 0.450. The first-order valence-electron chi connectivity index (χ1n) is 9.82.